The van der Waals surface area contributed by atoms with Crippen LogP contribution in [0.3, 0.4) is 0 Å². The van der Waals surface area contributed by atoms with Crippen molar-refractivity contribution in [1.82, 2.24) is 0 Å². The summed E-state index contributed by atoms with van der Waals surface area (Å²) in [5.74, 6) is 0. The third-order valence-electron chi connectivity index (χ3n) is 10.8. The van der Waals surface area contributed by atoms with Gasteiger partial charge in [0.1, 0.15) is 5.00 Å². The summed E-state index contributed by atoms with van der Waals surface area (Å²) in [6.07, 6.45) is 0. The van der Waals surface area contributed by atoms with E-state index in [0.29, 0.717) is 0 Å². The van der Waals surface area contributed by atoms with Gasteiger partial charge in [0, 0.05) is 43.0 Å². The van der Waals surface area contributed by atoms with Gasteiger partial charge in [-0.3, -0.25) is 0 Å². The molecule has 0 N–H and O–H groups in total. The Morgan fingerprint density at radius 1 is 0.453 bits per heavy atom. The molecule has 53 heavy (non-hydrogen) atoms. The molecule has 0 saturated heterocycles. The van der Waals surface area contributed by atoms with Crippen LogP contribution in [-0.2, 0) is 5.41 Å². The lowest BCUT2D eigenvalue weighted by Gasteiger charge is -2.29. The highest BCUT2D eigenvalue weighted by atomic mass is 32.1. The molecule has 0 atom stereocenters. The van der Waals surface area contributed by atoms with Crippen molar-refractivity contribution in [3.8, 4) is 22.3 Å². The number of para-hydroxylation sites is 1. The number of rotatable bonds is 7. The van der Waals surface area contributed by atoms with Gasteiger partial charge in [-0.05, 0) is 111 Å². The van der Waals surface area contributed by atoms with E-state index in [9.17, 15) is 0 Å². The Labute approximate surface area is 318 Å². The van der Waals surface area contributed by atoms with E-state index in [4.69, 9.17) is 0 Å². The molecule has 7 aromatic carbocycles. The van der Waals surface area contributed by atoms with Gasteiger partial charge in [-0.2, -0.15) is 0 Å². The molecule has 0 bridgehead atoms. The Balaban J connectivity index is 1.03. The minimum absolute atomic E-state index is 0.0853. The van der Waals surface area contributed by atoms with E-state index >= 15 is 0 Å². The van der Waals surface area contributed by atoms with E-state index in [1.807, 2.05) is 11.3 Å². The summed E-state index contributed by atoms with van der Waals surface area (Å²) in [5, 5.41) is 5.85. The van der Waals surface area contributed by atoms with Gasteiger partial charge in [-0.25, -0.2) is 0 Å². The van der Waals surface area contributed by atoms with Crippen LogP contribution in [0.15, 0.2) is 181 Å². The van der Waals surface area contributed by atoms with Gasteiger partial charge in [0.15, 0.2) is 0 Å². The van der Waals surface area contributed by atoms with Crippen LogP contribution in [-0.4, -0.2) is 0 Å². The average Bonchev–Trinajstić information content (AvgIpc) is 3.88. The lowest BCUT2D eigenvalue weighted by atomic mass is 9.82. The quantitative estimate of drug-likeness (QED) is 0.162. The van der Waals surface area contributed by atoms with Gasteiger partial charge in [0.25, 0.3) is 0 Å². The molecule has 0 saturated carbocycles. The fourth-order valence-corrected chi connectivity index (χ4v) is 10.3. The summed E-state index contributed by atoms with van der Waals surface area (Å²) < 4.78 is 2.66. The van der Waals surface area contributed by atoms with E-state index in [1.165, 1.54) is 64.2 Å². The fraction of sp³-hybridized carbons (Fsp3) is 0.0612. The first-order valence-corrected chi connectivity index (χ1v) is 19.8. The molecule has 1 aliphatic rings. The van der Waals surface area contributed by atoms with Crippen molar-refractivity contribution in [1.29, 1.82) is 0 Å². The van der Waals surface area contributed by atoms with E-state index in [0.717, 1.165) is 22.7 Å². The smallest absolute Gasteiger partial charge is 0.102 e. The van der Waals surface area contributed by atoms with Crippen molar-refractivity contribution in [3.05, 3.63) is 192 Å². The minimum atomic E-state index is -0.0853. The van der Waals surface area contributed by atoms with Crippen molar-refractivity contribution >= 4 is 76.3 Å². The summed E-state index contributed by atoms with van der Waals surface area (Å²) in [7, 11) is 0. The van der Waals surface area contributed by atoms with Crippen LogP contribution in [0.5, 0.6) is 0 Å². The highest BCUT2D eigenvalue weighted by Crippen LogP contribution is 2.51. The molecule has 0 fully saturated rings. The largest absolute Gasteiger partial charge is 0.310 e. The average molecular weight is 717 g/mol. The molecule has 0 spiro atoms. The zero-order chi connectivity index (χ0) is 35.5. The Hall–Kier alpha value is -5.94. The maximum Gasteiger partial charge on any atom is 0.102 e. The first kappa shape index (κ1) is 31.8. The maximum absolute atomic E-state index is 2.43. The lowest BCUT2D eigenvalue weighted by Crippen LogP contribution is -2.16. The molecular weight excluding hydrogens is 681 g/mol. The van der Waals surface area contributed by atoms with Gasteiger partial charge < -0.3 is 9.80 Å². The molecule has 1 aliphatic carbocycles. The van der Waals surface area contributed by atoms with Crippen molar-refractivity contribution in [3.63, 3.8) is 0 Å². The number of thiophene rings is 2. The van der Waals surface area contributed by atoms with Crippen molar-refractivity contribution < 1.29 is 0 Å². The molecule has 9 aromatic rings. The first-order chi connectivity index (χ1) is 26.0. The minimum Gasteiger partial charge on any atom is -0.310 e. The summed E-state index contributed by atoms with van der Waals surface area (Å²) in [4.78, 5) is 4.79. The second kappa shape index (κ2) is 12.6. The van der Waals surface area contributed by atoms with Gasteiger partial charge in [0.05, 0.1) is 5.69 Å². The second-order valence-corrected chi connectivity index (χ2v) is 16.2. The predicted molar refractivity (Wildman–Crippen MR) is 230 cm³/mol. The van der Waals surface area contributed by atoms with Crippen molar-refractivity contribution in [2.75, 3.05) is 9.80 Å². The summed E-state index contributed by atoms with van der Waals surface area (Å²) >= 11 is 3.64. The van der Waals surface area contributed by atoms with Crippen LogP contribution in [0.2, 0.25) is 0 Å². The standard InChI is InChI=1S/C49H36N2S2/c1-49(2)43-17-9-8-16-41(43)42-28-27-39(31-44(42)49)50(45-18-10-12-35-11-6-7-15-40(35)45)37-23-19-33(20-24-37)34-21-25-38(26-22-34)51(36-13-4-3-5-14-36)48-32-47-46(53-48)29-30-52-47/h3-32H,1-2H3. The van der Waals surface area contributed by atoms with E-state index in [1.54, 1.807) is 11.3 Å². The summed E-state index contributed by atoms with van der Waals surface area (Å²) in [6.45, 7) is 4.71. The highest BCUT2D eigenvalue weighted by Gasteiger charge is 2.35. The van der Waals surface area contributed by atoms with Crippen LogP contribution >= 0.6 is 22.7 Å². The molecule has 4 heteroatoms. The van der Waals surface area contributed by atoms with Crippen LogP contribution < -0.4 is 9.80 Å². The predicted octanol–water partition coefficient (Wildman–Crippen LogP) is 15.0. The zero-order valence-electron chi connectivity index (χ0n) is 29.5. The van der Waals surface area contributed by atoms with Gasteiger partial charge in [0.2, 0.25) is 0 Å². The van der Waals surface area contributed by atoms with E-state index in [-0.39, 0.29) is 5.41 Å². The molecule has 0 amide bonds. The first-order valence-electron chi connectivity index (χ1n) is 18.1. The maximum atomic E-state index is 2.43. The molecule has 10 rings (SSSR count). The summed E-state index contributed by atoms with van der Waals surface area (Å²) in [5.41, 5.74) is 13.5. The number of nitrogens with zero attached hydrogens (tertiary/aromatic N) is 2. The van der Waals surface area contributed by atoms with Crippen LogP contribution in [0.25, 0.3) is 42.4 Å². The SMILES string of the molecule is CC1(C)c2ccccc2-c2ccc(N(c3ccc(-c4ccc(N(c5ccccc5)c5cc6sccc6s5)cc4)cc3)c3cccc4ccccc34)cc21. The Bertz CT molecular complexity index is 2720. The third kappa shape index (κ3) is 5.37. The summed E-state index contributed by atoms with van der Waals surface area (Å²) in [6, 6.07) is 64.5. The monoisotopic (exact) mass is 716 g/mol. The molecule has 0 unspecified atom stereocenters. The zero-order valence-corrected chi connectivity index (χ0v) is 31.2. The number of hydrogen-bond acceptors (Lipinski definition) is 4. The number of fused-ring (bicyclic) bond motifs is 5. The molecule has 254 valence electrons. The Morgan fingerprint density at radius 2 is 1.08 bits per heavy atom. The second-order valence-electron chi connectivity index (χ2n) is 14.2. The van der Waals surface area contributed by atoms with E-state index in [2.05, 4.69) is 205 Å². The fourth-order valence-electron chi connectivity index (χ4n) is 8.11. The van der Waals surface area contributed by atoms with Crippen LogP contribution in [0, 0.1) is 0 Å². The van der Waals surface area contributed by atoms with Gasteiger partial charge in [-0.1, -0.05) is 123 Å². The van der Waals surface area contributed by atoms with Gasteiger partial charge in [-0.15, -0.1) is 22.7 Å². The molecule has 2 aromatic heterocycles. The van der Waals surface area contributed by atoms with Crippen LogP contribution in [0.1, 0.15) is 25.0 Å². The van der Waals surface area contributed by atoms with Gasteiger partial charge >= 0.3 is 0 Å². The molecule has 2 nitrogen and oxygen atoms in total. The third-order valence-corrected chi connectivity index (χ3v) is 12.9. The Kier molecular flexibility index (Phi) is 7.57. The lowest BCUT2D eigenvalue weighted by molar-refractivity contribution is 0.660. The number of hydrogen-bond donors (Lipinski definition) is 0. The molecule has 0 aliphatic heterocycles. The molecule has 2 heterocycles. The molecular formula is C49H36N2S2. The van der Waals surface area contributed by atoms with Crippen LogP contribution in [0.4, 0.5) is 33.4 Å². The number of anilines is 6. The Morgan fingerprint density at radius 3 is 1.85 bits per heavy atom. The van der Waals surface area contributed by atoms with E-state index < -0.39 is 0 Å². The normalized spacial score (nSPS) is 12.9. The molecule has 0 radical (unpaired) electrons. The topological polar surface area (TPSA) is 6.48 Å². The number of benzene rings is 7. The van der Waals surface area contributed by atoms with Crippen molar-refractivity contribution in [2.24, 2.45) is 0 Å². The van der Waals surface area contributed by atoms with Crippen molar-refractivity contribution in [2.45, 2.75) is 19.3 Å². The highest BCUT2D eigenvalue weighted by molar-refractivity contribution is 7.29.